The lowest BCUT2D eigenvalue weighted by molar-refractivity contribution is 0.119. The topological polar surface area (TPSA) is 47.1 Å². The molecule has 2 aliphatic rings. The molecule has 2 fully saturated rings. The van der Waals surface area contributed by atoms with Gasteiger partial charge in [-0.25, -0.2) is 0 Å². The summed E-state index contributed by atoms with van der Waals surface area (Å²) in [5.41, 5.74) is 7.55. The number of rotatable bonds is 3. The summed E-state index contributed by atoms with van der Waals surface area (Å²) < 4.78 is 1.95. The molecule has 3 heterocycles. The number of aromatic nitrogens is 2. The van der Waals surface area contributed by atoms with Crippen molar-refractivity contribution in [3.05, 3.63) is 16.9 Å². The Morgan fingerprint density at radius 3 is 2.63 bits per heavy atom. The number of fused-ring (bicyclic) bond motifs is 2. The lowest BCUT2D eigenvalue weighted by Crippen LogP contribution is -2.43. The molecule has 0 aromatic carbocycles. The third kappa shape index (κ3) is 2.20. The number of nitrogens with two attached hydrogens (primary N) is 1. The van der Waals surface area contributed by atoms with E-state index in [0.717, 1.165) is 17.3 Å². The molecule has 2 saturated heterocycles. The summed E-state index contributed by atoms with van der Waals surface area (Å²) in [7, 11) is 2.26. The molecule has 4 nitrogen and oxygen atoms in total. The predicted molar refractivity (Wildman–Crippen MR) is 77.1 cm³/mol. The van der Waals surface area contributed by atoms with E-state index in [4.69, 9.17) is 17.3 Å². The largest absolute Gasteiger partial charge is 0.322 e. The van der Waals surface area contributed by atoms with Gasteiger partial charge in [0.2, 0.25) is 0 Å². The Balaban J connectivity index is 1.81. The van der Waals surface area contributed by atoms with Crippen molar-refractivity contribution in [3.8, 4) is 0 Å². The smallest absolute Gasteiger partial charge is 0.0834 e. The highest BCUT2D eigenvalue weighted by atomic mass is 35.5. The van der Waals surface area contributed by atoms with Crippen LogP contribution < -0.4 is 5.73 Å². The van der Waals surface area contributed by atoms with Gasteiger partial charge in [-0.2, -0.15) is 5.10 Å². The first kappa shape index (κ1) is 13.4. The van der Waals surface area contributed by atoms with Crippen molar-refractivity contribution >= 4 is 11.6 Å². The van der Waals surface area contributed by atoms with E-state index in [-0.39, 0.29) is 6.04 Å². The molecule has 0 spiro atoms. The van der Waals surface area contributed by atoms with E-state index in [0.29, 0.717) is 18.0 Å². The minimum Gasteiger partial charge on any atom is -0.322 e. The van der Waals surface area contributed by atoms with Crippen molar-refractivity contribution in [1.82, 2.24) is 14.7 Å². The molecule has 2 bridgehead atoms. The maximum Gasteiger partial charge on any atom is 0.0834 e. The lowest BCUT2D eigenvalue weighted by Gasteiger charge is -2.38. The molecule has 3 rings (SSSR count). The molecule has 0 saturated carbocycles. The van der Waals surface area contributed by atoms with Crippen LogP contribution in [0.1, 0.15) is 44.3 Å². The van der Waals surface area contributed by atoms with Crippen molar-refractivity contribution in [2.75, 3.05) is 7.05 Å². The molecule has 3 unspecified atom stereocenters. The van der Waals surface area contributed by atoms with Gasteiger partial charge in [0.05, 0.1) is 23.0 Å². The number of piperidine rings is 1. The van der Waals surface area contributed by atoms with E-state index in [9.17, 15) is 0 Å². The molecule has 106 valence electrons. The minimum atomic E-state index is 0.0201. The molecular formula is C14H23ClN4. The lowest BCUT2D eigenvalue weighted by atomic mass is 9.84. The third-order valence-corrected chi connectivity index (χ3v) is 5.38. The fourth-order valence-corrected chi connectivity index (χ4v) is 4.19. The van der Waals surface area contributed by atoms with Crippen LogP contribution in [0, 0.1) is 5.92 Å². The highest BCUT2D eigenvalue weighted by Gasteiger charge is 2.41. The van der Waals surface area contributed by atoms with Gasteiger partial charge in [0.15, 0.2) is 0 Å². The van der Waals surface area contributed by atoms with Crippen molar-refractivity contribution in [3.63, 3.8) is 0 Å². The van der Waals surface area contributed by atoms with Crippen molar-refractivity contribution < 1.29 is 0 Å². The summed E-state index contributed by atoms with van der Waals surface area (Å²) in [6, 6.07) is 1.45. The number of hydrogen-bond acceptors (Lipinski definition) is 3. The van der Waals surface area contributed by atoms with Crippen LogP contribution in [0.25, 0.3) is 0 Å². The molecule has 1 aromatic heterocycles. The zero-order valence-corrected chi connectivity index (χ0v) is 12.5. The molecule has 0 radical (unpaired) electrons. The Labute approximate surface area is 119 Å². The average Bonchev–Trinajstić information content (AvgIpc) is 2.84. The zero-order valence-electron chi connectivity index (χ0n) is 11.7. The van der Waals surface area contributed by atoms with Crippen molar-refractivity contribution in [1.29, 1.82) is 0 Å². The maximum absolute atomic E-state index is 6.53. The van der Waals surface area contributed by atoms with Gasteiger partial charge in [-0.1, -0.05) is 11.6 Å². The Morgan fingerprint density at radius 2 is 2.05 bits per heavy atom. The highest BCUT2D eigenvalue weighted by molar-refractivity contribution is 6.31. The zero-order chi connectivity index (χ0) is 13.6. The van der Waals surface area contributed by atoms with E-state index in [1.54, 1.807) is 6.20 Å². The number of hydrogen-bond donors (Lipinski definition) is 1. The number of halogens is 1. The highest BCUT2D eigenvalue weighted by Crippen LogP contribution is 2.42. The predicted octanol–water partition coefficient (Wildman–Crippen LogP) is 2.43. The van der Waals surface area contributed by atoms with Crippen LogP contribution in [0.15, 0.2) is 6.20 Å². The van der Waals surface area contributed by atoms with Gasteiger partial charge in [-0.05, 0) is 45.6 Å². The molecular weight excluding hydrogens is 260 g/mol. The molecule has 19 heavy (non-hydrogen) atoms. The SMILES string of the molecule is CCn1ncc(Cl)c1C(N)C1CC2CCC(C1)N2C. The van der Waals surface area contributed by atoms with Crippen LogP contribution in [0.2, 0.25) is 5.02 Å². The van der Waals surface area contributed by atoms with Gasteiger partial charge in [-0.15, -0.1) is 0 Å². The summed E-state index contributed by atoms with van der Waals surface area (Å²) in [4.78, 5) is 2.54. The first-order valence-corrected chi connectivity index (χ1v) is 7.68. The van der Waals surface area contributed by atoms with E-state index in [1.807, 2.05) is 4.68 Å². The Morgan fingerprint density at radius 1 is 1.42 bits per heavy atom. The van der Waals surface area contributed by atoms with Crippen LogP contribution in [0.4, 0.5) is 0 Å². The summed E-state index contributed by atoms with van der Waals surface area (Å²) >= 11 is 6.28. The molecule has 2 N–H and O–H groups in total. The van der Waals surface area contributed by atoms with Gasteiger partial charge in [0.1, 0.15) is 0 Å². The second kappa shape index (κ2) is 5.08. The van der Waals surface area contributed by atoms with Crippen LogP contribution >= 0.6 is 11.6 Å². The van der Waals surface area contributed by atoms with Crippen molar-refractivity contribution in [2.24, 2.45) is 11.7 Å². The summed E-state index contributed by atoms with van der Waals surface area (Å²) in [6.45, 7) is 2.91. The third-order valence-electron chi connectivity index (χ3n) is 5.09. The van der Waals surface area contributed by atoms with E-state index >= 15 is 0 Å². The first-order chi connectivity index (χ1) is 9.11. The summed E-state index contributed by atoms with van der Waals surface area (Å²) in [6.07, 6.45) is 6.76. The molecule has 3 atom stereocenters. The van der Waals surface area contributed by atoms with Gasteiger partial charge in [-0.3, -0.25) is 4.68 Å². The maximum atomic E-state index is 6.53. The molecule has 0 amide bonds. The fraction of sp³-hybridized carbons (Fsp3) is 0.786. The van der Waals surface area contributed by atoms with E-state index in [1.165, 1.54) is 25.7 Å². The Bertz CT molecular complexity index is 444. The van der Waals surface area contributed by atoms with E-state index in [2.05, 4.69) is 24.0 Å². The van der Waals surface area contributed by atoms with Crippen LogP contribution in [0.5, 0.6) is 0 Å². The Kier molecular flexibility index (Phi) is 3.58. The fourth-order valence-electron chi connectivity index (χ4n) is 3.93. The van der Waals surface area contributed by atoms with Gasteiger partial charge in [0.25, 0.3) is 0 Å². The van der Waals surface area contributed by atoms with Gasteiger partial charge >= 0.3 is 0 Å². The molecule has 1 aromatic rings. The van der Waals surface area contributed by atoms with Crippen LogP contribution in [-0.4, -0.2) is 33.8 Å². The van der Waals surface area contributed by atoms with Gasteiger partial charge < -0.3 is 10.6 Å². The molecule has 0 aliphatic carbocycles. The minimum absolute atomic E-state index is 0.0201. The van der Waals surface area contributed by atoms with Gasteiger partial charge in [0, 0.05) is 18.6 Å². The second-order valence-corrected chi connectivity index (χ2v) is 6.41. The monoisotopic (exact) mass is 282 g/mol. The standard InChI is InChI=1S/C14H23ClN4/c1-3-19-14(12(15)8-17-19)13(16)9-6-10-4-5-11(7-9)18(10)2/h8-11,13H,3-7,16H2,1-2H3. The second-order valence-electron chi connectivity index (χ2n) is 6.00. The first-order valence-electron chi connectivity index (χ1n) is 7.30. The van der Waals surface area contributed by atoms with Crippen LogP contribution in [-0.2, 0) is 6.54 Å². The quantitative estimate of drug-likeness (QED) is 0.926. The van der Waals surface area contributed by atoms with Crippen LogP contribution in [0.3, 0.4) is 0 Å². The van der Waals surface area contributed by atoms with Crippen molar-refractivity contribution in [2.45, 2.75) is 57.3 Å². The van der Waals surface area contributed by atoms with E-state index < -0.39 is 0 Å². The number of aryl methyl sites for hydroxylation is 1. The summed E-state index contributed by atoms with van der Waals surface area (Å²) in [5.74, 6) is 0.535. The average molecular weight is 283 g/mol. The number of nitrogens with zero attached hydrogens (tertiary/aromatic N) is 3. The summed E-state index contributed by atoms with van der Waals surface area (Å²) in [5, 5.41) is 5.04. The molecule has 5 heteroatoms. The Hall–Kier alpha value is -0.580. The molecule has 2 aliphatic heterocycles. The normalized spacial score (nSPS) is 32.7.